The molecule has 80 heavy (non-hydrogen) atoms. The molecule has 2 saturated heterocycles. The van der Waals surface area contributed by atoms with Crippen LogP contribution in [0.15, 0.2) is 97.1 Å². The summed E-state index contributed by atoms with van der Waals surface area (Å²) >= 11 is 23.2. The van der Waals surface area contributed by atoms with Crippen molar-refractivity contribution in [3.05, 3.63) is 207 Å². The molecule has 0 radical (unpaired) electrons. The van der Waals surface area contributed by atoms with Gasteiger partial charge in [-0.25, -0.2) is 17.6 Å². The topological polar surface area (TPSA) is 0 Å². The normalized spacial score (nSPS) is 18.8. The highest BCUT2D eigenvalue weighted by Crippen LogP contribution is 2.28. The molecule has 1 saturated carbocycles. The number of rotatable bonds is 0. The van der Waals surface area contributed by atoms with Gasteiger partial charge in [0.1, 0.15) is 23.3 Å². The molecule has 1 aliphatic carbocycles. The Hall–Kier alpha value is -3.37. The summed E-state index contributed by atoms with van der Waals surface area (Å²) in [6.07, 6.45) is 12.0. The van der Waals surface area contributed by atoms with E-state index in [2.05, 4.69) is 85.0 Å². The van der Waals surface area contributed by atoms with Crippen molar-refractivity contribution in [2.45, 2.75) is 199 Å². The van der Waals surface area contributed by atoms with Gasteiger partial charge in [0.2, 0.25) is 0 Å². The van der Waals surface area contributed by atoms with Crippen LogP contribution in [0, 0.1) is 130 Å². The summed E-state index contributed by atoms with van der Waals surface area (Å²) in [6, 6.07) is 35.9. The second-order valence-electron chi connectivity index (χ2n) is 23.8. The van der Waals surface area contributed by atoms with Crippen LogP contribution in [0.2, 0.25) is 57.4 Å². The predicted octanol–water partition coefficient (Wildman–Crippen LogP) is 24.4. The highest BCUT2D eigenvalue weighted by atomic mass is 35.5. The fraction of sp³-hybridized carbons (Fsp3) is 0.486. The maximum atomic E-state index is 12.8. The monoisotopic (exact) mass is 1210 g/mol. The Morgan fingerprint density at radius 1 is 0.300 bits per heavy atom. The SMILES string of the molecule is CC1CCC(C)CC1.CC1CC[SiH](C)CC1.CC1CC[SiH](C)CC1.Cc1cc(Cl)c(C)c(Cl)c1.Cc1cc(F)c(C)c(Cl)c1.Cc1cc(F)c(C)c(F)c1.Cc1ccc(C)c(Cl)c1.Cc1ccc(C)c(F)c1.Cc1ccc(C)cc1. The molecule has 6 aromatic carbocycles. The van der Waals surface area contributed by atoms with Gasteiger partial charge < -0.3 is 0 Å². The van der Waals surface area contributed by atoms with Gasteiger partial charge in [0.05, 0.1) is 0 Å². The summed E-state index contributed by atoms with van der Waals surface area (Å²) in [5, 5.41) is 2.84. The lowest BCUT2D eigenvalue weighted by atomic mass is 9.84. The van der Waals surface area contributed by atoms with Crippen LogP contribution in [0.1, 0.15) is 146 Å². The molecule has 0 unspecified atom stereocenters. The summed E-state index contributed by atoms with van der Waals surface area (Å²) in [5.41, 5.74) is 10.8. The van der Waals surface area contributed by atoms with Crippen molar-refractivity contribution in [3.8, 4) is 0 Å². The molecule has 0 bridgehead atoms. The van der Waals surface area contributed by atoms with Gasteiger partial charge in [-0.15, -0.1) is 0 Å². The van der Waals surface area contributed by atoms with Gasteiger partial charge in [0.15, 0.2) is 0 Å². The molecule has 3 fully saturated rings. The van der Waals surface area contributed by atoms with E-state index in [1.165, 1.54) is 99.2 Å². The third-order valence-electron chi connectivity index (χ3n) is 15.1. The molecule has 2 heterocycles. The molecule has 0 amide bonds. The second kappa shape index (κ2) is 40.0. The highest BCUT2D eigenvalue weighted by molar-refractivity contribution is 6.57. The van der Waals surface area contributed by atoms with Crippen molar-refractivity contribution in [1.82, 2.24) is 0 Å². The number of benzene rings is 6. The number of halogens is 8. The van der Waals surface area contributed by atoms with Gasteiger partial charge >= 0.3 is 0 Å². The van der Waals surface area contributed by atoms with Crippen molar-refractivity contribution < 1.29 is 17.6 Å². The molecular formula is C70H100Cl4F4Si2. The first kappa shape index (κ1) is 74.6. The van der Waals surface area contributed by atoms with Crippen molar-refractivity contribution in [3.63, 3.8) is 0 Å². The average Bonchev–Trinajstić information content (AvgIpc) is 3.39. The minimum Gasteiger partial charge on any atom is -0.207 e. The van der Waals surface area contributed by atoms with Crippen LogP contribution in [0.3, 0.4) is 0 Å². The minimum atomic E-state index is -0.475. The zero-order chi connectivity index (χ0) is 60.8. The van der Waals surface area contributed by atoms with E-state index in [0.717, 1.165) is 66.6 Å². The van der Waals surface area contributed by atoms with Gasteiger partial charge in [-0.3, -0.25) is 0 Å². The summed E-state index contributed by atoms with van der Waals surface area (Å²) in [7, 11) is -0.266. The van der Waals surface area contributed by atoms with E-state index < -0.39 is 11.6 Å². The Morgan fingerprint density at radius 3 is 0.875 bits per heavy atom. The van der Waals surface area contributed by atoms with E-state index in [9.17, 15) is 17.6 Å². The van der Waals surface area contributed by atoms with Crippen LogP contribution >= 0.6 is 46.4 Å². The molecular weight excluding hydrogens is 1110 g/mol. The first-order valence-corrected chi connectivity index (χ1v) is 36.2. The Morgan fingerprint density at radius 2 is 0.562 bits per heavy atom. The maximum Gasteiger partial charge on any atom is 0.129 e. The van der Waals surface area contributed by atoms with Gasteiger partial charge in [0.25, 0.3) is 0 Å². The lowest BCUT2D eigenvalue weighted by Crippen LogP contribution is -2.15. The number of aryl methyl sites for hydroxylation is 9. The number of hydrogen-bond acceptors (Lipinski definition) is 0. The van der Waals surface area contributed by atoms with Gasteiger partial charge in [-0.2, -0.15) is 0 Å². The molecule has 0 N–H and O–H groups in total. The Kier molecular flexibility index (Phi) is 37.3. The van der Waals surface area contributed by atoms with Crippen molar-refractivity contribution in [1.29, 1.82) is 0 Å². The summed E-state index contributed by atoms with van der Waals surface area (Å²) in [5.74, 6) is 2.85. The largest absolute Gasteiger partial charge is 0.207 e. The Labute approximate surface area is 508 Å². The molecule has 0 atom stereocenters. The van der Waals surface area contributed by atoms with Crippen LogP contribution in [0.4, 0.5) is 17.6 Å². The lowest BCUT2D eigenvalue weighted by Gasteiger charge is -2.22. The van der Waals surface area contributed by atoms with Gasteiger partial charge in [-0.1, -0.05) is 222 Å². The van der Waals surface area contributed by atoms with Crippen LogP contribution < -0.4 is 0 Å². The molecule has 2 aliphatic heterocycles. The fourth-order valence-electron chi connectivity index (χ4n) is 8.63. The summed E-state index contributed by atoms with van der Waals surface area (Å²) < 4.78 is 50.5. The smallest absolute Gasteiger partial charge is 0.129 e. The second-order valence-corrected chi connectivity index (χ2v) is 32.2. The zero-order valence-corrected chi connectivity index (χ0v) is 57.5. The molecule has 444 valence electrons. The van der Waals surface area contributed by atoms with Crippen LogP contribution in [0.5, 0.6) is 0 Å². The third kappa shape index (κ3) is 33.1. The molecule has 0 nitrogen and oxygen atoms in total. The van der Waals surface area contributed by atoms with Crippen LogP contribution in [-0.4, -0.2) is 17.6 Å². The molecule has 6 aromatic rings. The third-order valence-corrected chi connectivity index (χ3v) is 21.9. The van der Waals surface area contributed by atoms with E-state index in [0.29, 0.717) is 21.7 Å². The van der Waals surface area contributed by atoms with Crippen molar-refractivity contribution in [2.75, 3.05) is 0 Å². The van der Waals surface area contributed by atoms with Gasteiger partial charge in [0, 0.05) is 48.8 Å². The summed E-state index contributed by atoms with van der Waals surface area (Å²) in [4.78, 5) is 0. The van der Waals surface area contributed by atoms with E-state index in [-0.39, 0.29) is 34.8 Å². The standard InChI is InChI=1S/C8H8Cl2.C8H8ClF.C8H9Cl.C8H8F2.C8H9F.C8H16.C8H10.2C7H16Si/c2*1-5-3-7(9)6(2)8(10)4-5;1-6-3-4-7(2)8(9)5-6;1-5-3-7(9)6(2)8(10)4-5;1-6-3-4-7(2)8(9)5-6;4*1-7-3-5-8(2)6-4-7/h2*3-4H,1-2H3;3-5H,1-2H3;3-4H,1-2H3;3-5H,1-2H3;7-8H,3-6H2,1-2H3;3-6H,1-2H3;2*7-8H,3-6H2,1-2H3. The first-order chi connectivity index (χ1) is 37.4. The summed E-state index contributed by atoms with van der Waals surface area (Å²) in [6.45, 7) is 36.8. The Bertz CT molecular complexity index is 2330. The van der Waals surface area contributed by atoms with Gasteiger partial charge in [-0.05, 0) is 200 Å². The van der Waals surface area contributed by atoms with Crippen molar-refractivity contribution in [2.24, 2.45) is 23.7 Å². The average molecular weight is 1220 g/mol. The van der Waals surface area contributed by atoms with Crippen LogP contribution in [-0.2, 0) is 0 Å². The minimum absolute atomic E-state index is 0.0885. The number of hydrogen-bond donors (Lipinski definition) is 0. The van der Waals surface area contributed by atoms with E-state index >= 15 is 0 Å². The zero-order valence-electron chi connectivity index (χ0n) is 52.2. The molecule has 10 heteroatoms. The molecule has 0 spiro atoms. The molecule has 9 rings (SSSR count). The highest BCUT2D eigenvalue weighted by Gasteiger charge is 2.16. The van der Waals surface area contributed by atoms with Crippen LogP contribution in [0.25, 0.3) is 0 Å². The van der Waals surface area contributed by atoms with E-state index in [1.807, 2.05) is 71.9 Å². The van der Waals surface area contributed by atoms with Crippen molar-refractivity contribution >= 4 is 64.0 Å². The quantitative estimate of drug-likeness (QED) is 0.105. The predicted molar refractivity (Wildman–Crippen MR) is 354 cm³/mol. The van der Waals surface area contributed by atoms with E-state index in [4.69, 9.17) is 46.4 Å². The Balaban J connectivity index is 0.000000451. The maximum absolute atomic E-state index is 12.8. The first-order valence-electron chi connectivity index (χ1n) is 29.1. The molecule has 0 aromatic heterocycles. The fourth-order valence-corrected chi connectivity index (χ4v) is 14.9. The lowest BCUT2D eigenvalue weighted by molar-refractivity contribution is 0.308. The van der Waals surface area contributed by atoms with E-state index in [1.54, 1.807) is 57.1 Å². The molecule has 3 aliphatic rings.